The third kappa shape index (κ3) is 1.95. The number of hydrogen-bond acceptors (Lipinski definition) is 4. The summed E-state index contributed by atoms with van der Waals surface area (Å²) in [6, 6.07) is 2.46. The quantitative estimate of drug-likeness (QED) is 0.716. The fourth-order valence-electron chi connectivity index (χ4n) is 1.54. The Hall–Kier alpha value is -1.16. The first-order chi connectivity index (χ1) is 6.24. The largest absolute Gasteiger partial charge is 0.365 e. The lowest BCUT2D eigenvalue weighted by Gasteiger charge is -2.36. The minimum absolute atomic E-state index is 0.555. The zero-order valence-corrected chi connectivity index (χ0v) is 7.99. The van der Waals surface area contributed by atoms with Gasteiger partial charge < -0.3 is 10.2 Å². The van der Waals surface area contributed by atoms with Crippen LogP contribution in [0.25, 0.3) is 0 Å². The SMILES string of the molecule is Cc1nccc(NC2CN(C)C2)n1. The second-order valence-electron chi connectivity index (χ2n) is 3.55. The number of rotatable bonds is 2. The summed E-state index contributed by atoms with van der Waals surface area (Å²) < 4.78 is 0. The molecule has 0 aliphatic carbocycles. The van der Waals surface area contributed by atoms with Gasteiger partial charge in [0.2, 0.25) is 0 Å². The van der Waals surface area contributed by atoms with Crippen LogP contribution in [0.4, 0.5) is 5.82 Å². The van der Waals surface area contributed by atoms with Crippen LogP contribution < -0.4 is 5.32 Å². The monoisotopic (exact) mass is 178 g/mol. The molecule has 0 unspecified atom stereocenters. The second kappa shape index (κ2) is 3.30. The van der Waals surface area contributed by atoms with Crippen molar-refractivity contribution >= 4 is 5.82 Å². The minimum atomic E-state index is 0.555. The van der Waals surface area contributed by atoms with E-state index in [1.807, 2.05) is 13.0 Å². The summed E-state index contributed by atoms with van der Waals surface area (Å²) in [4.78, 5) is 10.6. The second-order valence-corrected chi connectivity index (χ2v) is 3.55. The summed E-state index contributed by atoms with van der Waals surface area (Å²) in [5.41, 5.74) is 0. The van der Waals surface area contributed by atoms with Gasteiger partial charge in [-0.15, -0.1) is 0 Å². The summed E-state index contributed by atoms with van der Waals surface area (Å²) in [6.45, 7) is 4.10. The zero-order valence-electron chi connectivity index (χ0n) is 7.99. The highest BCUT2D eigenvalue weighted by Gasteiger charge is 2.22. The van der Waals surface area contributed by atoms with Crippen molar-refractivity contribution in [2.45, 2.75) is 13.0 Å². The molecular formula is C9H14N4. The number of aromatic nitrogens is 2. The molecule has 0 radical (unpaired) electrons. The van der Waals surface area contributed by atoms with E-state index >= 15 is 0 Å². The molecule has 1 aliphatic rings. The molecule has 2 heterocycles. The Morgan fingerprint density at radius 2 is 2.31 bits per heavy atom. The Labute approximate surface area is 78.0 Å². The highest BCUT2D eigenvalue weighted by atomic mass is 15.2. The maximum atomic E-state index is 4.28. The van der Waals surface area contributed by atoms with Gasteiger partial charge in [-0.25, -0.2) is 9.97 Å². The van der Waals surface area contributed by atoms with Gasteiger partial charge in [0.25, 0.3) is 0 Å². The predicted octanol–water partition coefficient (Wildman–Crippen LogP) is 0.511. The van der Waals surface area contributed by atoms with E-state index in [0.717, 1.165) is 24.7 Å². The average molecular weight is 178 g/mol. The zero-order chi connectivity index (χ0) is 9.26. The van der Waals surface area contributed by atoms with Gasteiger partial charge in [-0.3, -0.25) is 0 Å². The number of anilines is 1. The maximum absolute atomic E-state index is 4.28. The van der Waals surface area contributed by atoms with Gasteiger partial charge in [0.15, 0.2) is 0 Å². The van der Waals surface area contributed by atoms with Crippen molar-refractivity contribution in [3.05, 3.63) is 18.1 Å². The van der Waals surface area contributed by atoms with Crippen LogP contribution in [0, 0.1) is 6.92 Å². The van der Waals surface area contributed by atoms with Crippen LogP contribution in [-0.4, -0.2) is 41.0 Å². The first-order valence-corrected chi connectivity index (χ1v) is 4.49. The van der Waals surface area contributed by atoms with Crippen molar-refractivity contribution in [1.82, 2.24) is 14.9 Å². The molecule has 0 aromatic carbocycles. The van der Waals surface area contributed by atoms with Gasteiger partial charge in [-0.05, 0) is 20.0 Å². The van der Waals surface area contributed by atoms with E-state index < -0.39 is 0 Å². The number of likely N-dealkylation sites (tertiary alicyclic amines) is 1. The summed E-state index contributed by atoms with van der Waals surface area (Å²) in [5, 5.41) is 3.36. The van der Waals surface area contributed by atoms with Crippen molar-refractivity contribution in [2.75, 3.05) is 25.5 Å². The molecule has 4 nitrogen and oxygen atoms in total. The molecule has 0 saturated carbocycles. The fraction of sp³-hybridized carbons (Fsp3) is 0.556. The van der Waals surface area contributed by atoms with E-state index in [0.29, 0.717) is 6.04 Å². The predicted molar refractivity (Wildman–Crippen MR) is 51.7 cm³/mol. The van der Waals surface area contributed by atoms with Gasteiger partial charge >= 0.3 is 0 Å². The molecule has 70 valence electrons. The molecule has 1 aromatic rings. The highest BCUT2D eigenvalue weighted by Crippen LogP contribution is 2.10. The Bertz CT molecular complexity index is 293. The van der Waals surface area contributed by atoms with E-state index in [9.17, 15) is 0 Å². The summed E-state index contributed by atoms with van der Waals surface area (Å²) in [5.74, 6) is 1.75. The van der Waals surface area contributed by atoms with Crippen LogP contribution in [-0.2, 0) is 0 Å². The van der Waals surface area contributed by atoms with Gasteiger partial charge in [-0.2, -0.15) is 0 Å². The smallest absolute Gasteiger partial charge is 0.129 e. The van der Waals surface area contributed by atoms with Crippen LogP contribution in [0.5, 0.6) is 0 Å². The van der Waals surface area contributed by atoms with Crippen molar-refractivity contribution in [2.24, 2.45) is 0 Å². The summed E-state index contributed by atoms with van der Waals surface area (Å²) >= 11 is 0. The first-order valence-electron chi connectivity index (χ1n) is 4.49. The lowest BCUT2D eigenvalue weighted by molar-refractivity contribution is 0.205. The molecule has 1 aromatic heterocycles. The number of nitrogens with one attached hydrogen (secondary N) is 1. The van der Waals surface area contributed by atoms with Crippen molar-refractivity contribution < 1.29 is 0 Å². The molecular weight excluding hydrogens is 164 g/mol. The van der Waals surface area contributed by atoms with E-state index in [1.54, 1.807) is 6.20 Å². The topological polar surface area (TPSA) is 41.1 Å². The van der Waals surface area contributed by atoms with Crippen molar-refractivity contribution in [1.29, 1.82) is 0 Å². The van der Waals surface area contributed by atoms with Crippen molar-refractivity contribution in [3.8, 4) is 0 Å². The van der Waals surface area contributed by atoms with E-state index in [-0.39, 0.29) is 0 Å². The van der Waals surface area contributed by atoms with Gasteiger partial charge in [0.1, 0.15) is 11.6 Å². The number of likely N-dealkylation sites (N-methyl/N-ethyl adjacent to an activating group) is 1. The van der Waals surface area contributed by atoms with Crippen molar-refractivity contribution in [3.63, 3.8) is 0 Å². The third-order valence-electron chi connectivity index (χ3n) is 2.19. The Morgan fingerprint density at radius 1 is 1.54 bits per heavy atom. The van der Waals surface area contributed by atoms with Gasteiger partial charge in [-0.1, -0.05) is 0 Å². The number of nitrogens with zero attached hydrogens (tertiary/aromatic N) is 3. The van der Waals surface area contributed by atoms with Crippen LogP contribution in [0.2, 0.25) is 0 Å². The number of aryl methyl sites for hydroxylation is 1. The minimum Gasteiger partial charge on any atom is -0.365 e. The average Bonchev–Trinajstić information content (AvgIpc) is 2.01. The van der Waals surface area contributed by atoms with Gasteiger partial charge in [0.05, 0.1) is 6.04 Å². The molecule has 13 heavy (non-hydrogen) atoms. The Morgan fingerprint density at radius 3 is 2.92 bits per heavy atom. The standard InChI is InChI=1S/C9H14N4/c1-7-10-4-3-9(11-7)12-8-5-13(2)6-8/h3-4,8H,5-6H2,1-2H3,(H,10,11,12). The molecule has 0 bridgehead atoms. The summed E-state index contributed by atoms with van der Waals surface area (Å²) in [6.07, 6.45) is 1.78. The number of hydrogen-bond donors (Lipinski definition) is 1. The van der Waals surface area contributed by atoms with E-state index in [1.165, 1.54) is 0 Å². The summed E-state index contributed by atoms with van der Waals surface area (Å²) in [7, 11) is 2.11. The van der Waals surface area contributed by atoms with Crippen LogP contribution in [0.15, 0.2) is 12.3 Å². The molecule has 0 atom stereocenters. The lowest BCUT2D eigenvalue weighted by atomic mass is 10.1. The Kier molecular flexibility index (Phi) is 2.14. The van der Waals surface area contributed by atoms with E-state index in [4.69, 9.17) is 0 Å². The third-order valence-corrected chi connectivity index (χ3v) is 2.19. The highest BCUT2D eigenvalue weighted by molar-refractivity contribution is 5.35. The van der Waals surface area contributed by atoms with Crippen LogP contribution in [0.1, 0.15) is 5.82 Å². The molecule has 1 fully saturated rings. The molecule has 0 spiro atoms. The molecule has 0 amide bonds. The molecule has 4 heteroatoms. The van der Waals surface area contributed by atoms with Crippen LogP contribution in [0.3, 0.4) is 0 Å². The molecule has 1 aliphatic heterocycles. The van der Waals surface area contributed by atoms with E-state index in [2.05, 4.69) is 27.2 Å². The maximum Gasteiger partial charge on any atom is 0.129 e. The first kappa shape index (κ1) is 8.44. The Balaban J connectivity index is 1.94. The van der Waals surface area contributed by atoms with Crippen LogP contribution >= 0.6 is 0 Å². The normalized spacial score (nSPS) is 18.3. The van der Waals surface area contributed by atoms with Gasteiger partial charge in [0, 0.05) is 19.3 Å². The fourth-order valence-corrected chi connectivity index (χ4v) is 1.54. The molecule has 2 rings (SSSR count). The lowest BCUT2D eigenvalue weighted by Crippen LogP contribution is -2.52. The molecule has 1 N–H and O–H groups in total. The molecule has 1 saturated heterocycles.